The number of anilines is 1. The predicted molar refractivity (Wildman–Crippen MR) is 85.2 cm³/mol. The van der Waals surface area contributed by atoms with Gasteiger partial charge >= 0.3 is 5.97 Å². The Kier molecular flexibility index (Phi) is 5.35. The highest BCUT2D eigenvalue weighted by Gasteiger charge is 2.14. The maximum atomic E-state index is 10.8. The molecule has 0 radical (unpaired) electrons. The molecule has 0 saturated carbocycles. The third-order valence-electron chi connectivity index (χ3n) is 3.41. The van der Waals surface area contributed by atoms with Crippen molar-refractivity contribution in [3.63, 3.8) is 0 Å². The number of aromatic nitrogens is 2. The molecule has 7 nitrogen and oxygen atoms in total. The van der Waals surface area contributed by atoms with Crippen LogP contribution in [0.25, 0.3) is 0 Å². The van der Waals surface area contributed by atoms with E-state index < -0.39 is 5.97 Å². The fourth-order valence-electron chi connectivity index (χ4n) is 2.18. The molecule has 1 aromatic carbocycles. The number of aromatic carboxylic acids is 1. The molecular weight excluding hydrogens is 298 g/mol. The molecule has 2 aromatic rings. The number of carboxylic acids is 1. The second-order valence-corrected chi connectivity index (χ2v) is 4.81. The number of methoxy groups -OCH3 is 2. The number of carbonyl (C=O) groups is 1. The van der Waals surface area contributed by atoms with E-state index in [4.69, 9.17) is 14.6 Å². The van der Waals surface area contributed by atoms with Crippen molar-refractivity contribution in [3.8, 4) is 11.5 Å². The average molecular weight is 317 g/mol. The van der Waals surface area contributed by atoms with Crippen molar-refractivity contribution in [2.75, 3.05) is 19.5 Å². The summed E-state index contributed by atoms with van der Waals surface area (Å²) in [5.74, 6) is 0.724. The minimum Gasteiger partial charge on any atom is -0.493 e. The maximum absolute atomic E-state index is 10.8. The Hall–Kier alpha value is -2.83. The molecule has 122 valence electrons. The number of nitrogens with zero attached hydrogens (tertiary/aromatic N) is 2. The molecule has 0 bridgehead atoms. The first kappa shape index (κ1) is 16.5. The van der Waals surface area contributed by atoms with Gasteiger partial charge < -0.3 is 19.9 Å². The molecule has 2 N–H and O–H groups in total. The summed E-state index contributed by atoms with van der Waals surface area (Å²) in [5, 5.41) is 12.1. The summed E-state index contributed by atoms with van der Waals surface area (Å²) in [6.45, 7) is 2.04. The van der Waals surface area contributed by atoms with E-state index in [0.717, 1.165) is 12.0 Å². The molecule has 0 aliphatic heterocycles. The van der Waals surface area contributed by atoms with E-state index in [1.54, 1.807) is 14.2 Å². The lowest BCUT2D eigenvalue weighted by Crippen LogP contribution is -2.12. The molecule has 0 aliphatic carbocycles. The van der Waals surface area contributed by atoms with Gasteiger partial charge in [0.2, 0.25) is 0 Å². The maximum Gasteiger partial charge on any atom is 0.356 e. The Labute approximate surface area is 134 Å². The van der Waals surface area contributed by atoms with Gasteiger partial charge in [-0.05, 0) is 24.1 Å². The van der Waals surface area contributed by atoms with Crippen LogP contribution >= 0.6 is 0 Å². The zero-order valence-corrected chi connectivity index (χ0v) is 13.2. The van der Waals surface area contributed by atoms with Crippen molar-refractivity contribution in [2.45, 2.75) is 19.4 Å². The zero-order valence-electron chi connectivity index (χ0n) is 13.2. The molecular formula is C16H19N3O4. The average Bonchev–Trinajstić information content (AvgIpc) is 2.59. The predicted octanol–water partition coefficient (Wildman–Crippen LogP) is 2.76. The van der Waals surface area contributed by atoms with Crippen LogP contribution in [0.2, 0.25) is 0 Å². The third-order valence-corrected chi connectivity index (χ3v) is 3.41. The van der Waals surface area contributed by atoms with Crippen LogP contribution in [0.15, 0.2) is 30.6 Å². The van der Waals surface area contributed by atoms with Crippen molar-refractivity contribution >= 4 is 11.8 Å². The van der Waals surface area contributed by atoms with Crippen molar-refractivity contribution in [1.82, 2.24) is 9.97 Å². The molecule has 1 unspecified atom stereocenters. The van der Waals surface area contributed by atoms with Crippen molar-refractivity contribution in [2.24, 2.45) is 0 Å². The van der Waals surface area contributed by atoms with Gasteiger partial charge in [0.1, 0.15) is 5.82 Å². The molecule has 0 saturated heterocycles. The fraction of sp³-hybridized carbons (Fsp3) is 0.312. The van der Waals surface area contributed by atoms with E-state index in [9.17, 15) is 4.79 Å². The number of hydrogen-bond acceptors (Lipinski definition) is 6. The first-order valence-electron chi connectivity index (χ1n) is 7.12. The SMILES string of the molecule is CCC(Nc1cnc(C(=O)O)cn1)c1ccc(OC)c(OC)c1. The topological polar surface area (TPSA) is 93.6 Å². The van der Waals surface area contributed by atoms with Gasteiger partial charge in [0.25, 0.3) is 0 Å². The summed E-state index contributed by atoms with van der Waals surface area (Å²) in [4.78, 5) is 18.7. The Morgan fingerprint density at radius 3 is 2.48 bits per heavy atom. The van der Waals surface area contributed by atoms with Crippen LogP contribution in [0.4, 0.5) is 5.82 Å². The fourth-order valence-corrected chi connectivity index (χ4v) is 2.18. The van der Waals surface area contributed by atoms with E-state index in [-0.39, 0.29) is 11.7 Å². The van der Waals surface area contributed by atoms with Crippen LogP contribution in [0.3, 0.4) is 0 Å². The van der Waals surface area contributed by atoms with E-state index in [1.807, 2.05) is 25.1 Å². The first-order valence-corrected chi connectivity index (χ1v) is 7.12. The highest BCUT2D eigenvalue weighted by atomic mass is 16.5. The van der Waals surface area contributed by atoms with Crippen molar-refractivity contribution in [1.29, 1.82) is 0 Å². The van der Waals surface area contributed by atoms with Crippen LogP contribution in [-0.4, -0.2) is 35.3 Å². The smallest absolute Gasteiger partial charge is 0.356 e. The van der Waals surface area contributed by atoms with Crippen LogP contribution < -0.4 is 14.8 Å². The molecule has 0 aliphatic rings. The number of ether oxygens (including phenoxy) is 2. The molecule has 2 rings (SSSR count). The highest BCUT2D eigenvalue weighted by Crippen LogP contribution is 2.31. The summed E-state index contributed by atoms with van der Waals surface area (Å²) in [6.07, 6.45) is 3.44. The van der Waals surface area contributed by atoms with Crippen molar-refractivity contribution in [3.05, 3.63) is 41.9 Å². The number of benzene rings is 1. The molecule has 7 heteroatoms. The zero-order chi connectivity index (χ0) is 16.8. The van der Waals surface area contributed by atoms with Crippen LogP contribution in [-0.2, 0) is 0 Å². The number of rotatable bonds is 7. The number of nitrogens with one attached hydrogen (secondary N) is 1. The largest absolute Gasteiger partial charge is 0.493 e. The Morgan fingerprint density at radius 2 is 1.96 bits per heavy atom. The van der Waals surface area contributed by atoms with Gasteiger partial charge in [-0.3, -0.25) is 0 Å². The lowest BCUT2D eigenvalue weighted by atomic mass is 10.0. The molecule has 1 aromatic heterocycles. The number of carboxylic acid groups (broad SMARTS) is 1. The first-order chi connectivity index (χ1) is 11.1. The van der Waals surface area contributed by atoms with Gasteiger partial charge in [0.15, 0.2) is 17.2 Å². The molecule has 23 heavy (non-hydrogen) atoms. The van der Waals surface area contributed by atoms with E-state index in [1.165, 1.54) is 12.4 Å². The second-order valence-electron chi connectivity index (χ2n) is 4.81. The normalized spacial score (nSPS) is 11.6. The summed E-state index contributed by atoms with van der Waals surface area (Å²) >= 11 is 0. The van der Waals surface area contributed by atoms with E-state index in [2.05, 4.69) is 15.3 Å². The van der Waals surface area contributed by atoms with Gasteiger partial charge in [0.05, 0.1) is 32.7 Å². The third kappa shape index (κ3) is 3.88. The summed E-state index contributed by atoms with van der Waals surface area (Å²) in [6, 6.07) is 5.68. The molecule has 0 spiro atoms. The molecule has 0 amide bonds. The Balaban J connectivity index is 2.21. The molecule has 1 atom stereocenters. The van der Waals surface area contributed by atoms with Gasteiger partial charge in [-0.2, -0.15) is 0 Å². The van der Waals surface area contributed by atoms with E-state index >= 15 is 0 Å². The lowest BCUT2D eigenvalue weighted by Gasteiger charge is -2.19. The van der Waals surface area contributed by atoms with Crippen LogP contribution in [0.5, 0.6) is 11.5 Å². The van der Waals surface area contributed by atoms with Gasteiger partial charge in [-0.25, -0.2) is 14.8 Å². The summed E-state index contributed by atoms with van der Waals surface area (Å²) < 4.78 is 10.6. The second kappa shape index (κ2) is 7.44. The van der Waals surface area contributed by atoms with Gasteiger partial charge in [0, 0.05) is 0 Å². The standard InChI is InChI=1S/C16H19N3O4/c1-4-11(10-5-6-13(22-2)14(7-10)23-3)19-15-9-17-12(8-18-15)16(20)21/h5-9,11H,4H2,1-3H3,(H,18,19)(H,20,21). The molecule has 1 heterocycles. The highest BCUT2D eigenvalue weighted by molar-refractivity contribution is 5.84. The van der Waals surface area contributed by atoms with Crippen LogP contribution in [0, 0.1) is 0 Å². The lowest BCUT2D eigenvalue weighted by molar-refractivity contribution is 0.0690. The minimum atomic E-state index is -1.10. The summed E-state index contributed by atoms with van der Waals surface area (Å²) in [7, 11) is 3.18. The monoisotopic (exact) mass is 317 g/mol. The van der Waals surface area contributed by atoms with Gasteiger partial charge in [-0.1, -0.05) is 13.0 Å². The van der Waals surface area contributed by atoms with Crippen LogP contribution in [0.1, 0.15) is 35.4 Å². The minimum absolute atomic E-state index is 0.0141. The van der Waals surface area contributed by atoms with Gasteiger partial charge in [-0.15, -0.1) is 0 Å². The number of hydrogen-bond donors (Lipinski definition) is 2. The Bertz CT molecular complexity index is 674. The quantitative estimate of drug-likeness (QED) is 0.811. The van der Waals surface area contributed by atoms with E-state index in [0.29, 0.717) is 17.3 Å². The van der Waals surface area contributed by atoms with Crippen molar-refractivity contribution < 1.29 is 19.4 Å². The summed E-state index contributed by atoms with van der Waals surface area (Å²) in [5.41, 5.74) is 0.920. The molecule has 0 fully saturated rings. The Morgan fingerprint density at radius 1 is 1.22 bits per heavy atom.